The van der Waals surface area contributed by atoms with E-state index >= 15 is 0 Å². The molecule has 0 atom stereocenters. The van der Waals surface area contributed by atoms with Crippen LogP contribution in [0.15, 0.2) is 53.6 Å². The molecule has 2 aromatic rings. The lowest BCUT2D eigenvalue weighted by Gasteiger charge is -2.08. The molecule has 0 aliphatic heterocycles. The fourth-order valence-corrected chi connectivity index (χ4v) is 1.86. The molecule has 0 fully saturated rings. The van der Waals surface area contributed by atoms with Crippen LogP contribution in [-0.2, 0) is 4.79 Å². The Bertz CT molecular complexity index is 849. The van der Waals surface area contributed by atoms with Gasteiger partial charge in [-0.15, -0.1) is 0 Å². The van der Waals surface area contributed by atoms with Crippen LogP contribution in [0.25, 0.3) is 0 Å². The summed E-state index contributed by atoms with van der Waals surface area (Å²) in [4.78, 5) is 22.4. The number of phenols is 1. The fraction of sp³-hybridized carbons (Fsp3) is 0.0625. The number of nitro benzene ring substituents is 1. The number of nitro groups is 1. The minimum Gasteiger partial charge on any atom is -0.506 e. The molecule has 0 aliphatic rings. The number of amides is 1. The number of anilines is 2. The number of nitrogens with one attached hydrogen (secondary N) is 3. The van der Waals surface area contributed by atoms with Crippen molar-refractivity contribution in [2.75, 3.05) is 10.7 Å². The number of phenolic OH excluding ortho intramolecular Hbond substituents is 1. The first-order chi connectivity index (χ1) is 11.9. The predicted molar refractivity (Wildman–Crippen MR) is 94.3 cm³/mol. The second-order valence-electron chi connectivity index (χ2n) is 4.98. The van der Waals surface area contributed by atoms with Gasteiger partial charge in [-0.2, -0.15) is 5.10 Å². The molecule has 128 valence electrons. The maximum absolute atomic E-state index is 12.2. The Morgan fingerprint density at radius 3 is 2.52 bits per heavy atom. The number of benzene rings is 2. The zero-order chi connectivity index (χ0) is 18.4. The highest BCUT2D eigenvalue weighted by atomic mass is 16.6. The van der Waals surface area contributed by atoms with Crippen molar-refractivity contribution in [2.24, 2.45) is 5.10 Å². The van der Waals surface area contributed by atoms with Gasteiger partial charge in [0.05, 0.1) is 10.6 Å². The third-order valence-corrected chi connectivity index (χ3v) is 3.08. The molecule has 2 rings (SSSR count). The van der Waals surface area contributed by atoms with Gasteiger partial charge in [-0.05, 0) is 25.1 Å². The summed E-state index contributed by atoms with van der Waals surface area (Å²) in [6.45, 7) is 1.37. The van der Waals surface area contributed by atoms with Crippen LogP contribution in [0.4, 0.5) is 17.1 Å². The molecular weight excluding hydrogens is 326 g/mol. The fourth-order valence-electron chi connectivity index (χ4n) is 1.86. The van der Waals surface area contributed by atoms with Crippen LogP contribution in [-0.4, -0.2) is 27.4 Å². The number of nitrogens with zero attached hydrogens (tertiary/aromatic N) is 2. The van der Waals surface area contributed by atoms with E-state index in [0.29, 0.717) is 5.69 Å². The molecule has 0 aliphatic carbocycles. The molecule has 0 heterocycles. The molecule has 1 amide bonds. The van der Waals surface area contributed by atoms with Crippen molar-refractivity contribution in [1.82, 2.24) is 0 Å². The van der Waals surface area contributed by atoms with Gasteiger partial charge in [0, 0.05) is 17.8 Å². The highest BCUT2D eigenvalue weighted by Crippen LogP contribution is 2.27. The number of aromatic hydroxyl groups is 1. The van der Waals surface area contributed by atoms with E-state index in [1.165, 1.54) is 6.92 Å². The van der Waals surface area contributed by atoms with Crippen molar-refractivity contribution in [3.05, 3.63) is 58.6 Å². The van der Waals surface area contributed by atoms with Crippen molar-refractivity contribution < 1.29 is 14.8 Å². The average molecular weight is 341 g/mol. The summed E-state index contributed by atoms with van der Waals surface area (Å²) < 4.78 is 0. The number of non-ortho nitro benzene ring substituents is 1. The van der Waals surface area contributed by atoms with E-state index in [-0.39, 0.29) is 28.5 Å². The van der Waals surface area contributed by atoms with E-state index in [0.717, 1.165) is 18.2 Å². The minimum absolute atomic E-state index is 0.0551. The monoisotopic (exact) mass is 341 g/mol. The zero-order valence-corrected chi connectivity index (χ0v) is 13.2. The van der Waals surface area contributed by atoms with Gasteiger partial charge in [0.15, 0.2) is 5.71 Å². The van der Waals surface area contributed by atoms with Crippen molar-refractivity contribution in [3.8, 4) is 5.75 Å². The van der Waals surface area contributed by atoms with Crippen LogP contribution in [0.2, 0.25) is 0 Å². The Kier molecular flexibility index (Phi) is 5.41. The lowest BCUT2D eigenvalue weighted by atomic mass is 10.2. The van der Waals surface area contributed by atoms with Gasteiger partial charge in [-0.1, -0.05) is 18.2 Å². The number of para-hydroxylation sites is 1. The van der Waals surface area contributed by atoms with Gasteiger partial charge in [-0.3, -0.25) is 20.3 Å². The van der Waals surface area contributed by atoms with Crippen molar-refractivity contribution in [1.29, 1.82) is 5.41 Å². The average Bonchev–Trinajstić information content (AvgIpc) is 2.57. The highest BCUT2D eigenvalue weighted by Gasteiger charge is 2.16. The first-order valence-corrected chi connectivity index (χ1v) is 7.11. The number of carbonyl (C=O) groups is 1. The molecule has 0 bridgehead atoms. The van der Waals surface area contributed by atoms with Crippen molar-refractivity contribution >= 4 is 34.4 Å². The Morgan fingerprint density at radius 2 is 1.92 bits per heavy atom. The van der Waals surface area contributed by atoms with Crippen LogP contribution >= 0.6 is 0 Å². The lowest BCUT2D eigenvalue weighted by Crippen LogP contribution is -2.29. The summed E-state index contributed by atoms with van der Waals surface area (Å²) in [5, 5.41) is 34.6. The van der Waals surface area contributed by atoms with E-state index in [4.69, 9.17) is 5.41 Å². The van der Waals surface area contributed by atoms with Gasteiger partial charge in [0.2, 0.25) is 0 Å². The molecule has 4 N–H and O–H groups in total. The van der Waals surface area contributed by atoms with Crippen LogP contribution in [0.1, 0.15) is 6.92 Å². The molecule has 0 saturated heterocycles. The van der Waals surface area contributed by atoms with E-state index in [1.807, 2.05) is 0 Å². The number of hydrogen-bond acceptors (Lipinski definition) is 7. The van der Waals surface area contributed by atoms with Crippen molar-refractivity contribution in [3.63, 3.8) is 0 Å². The number of carbonyl (C=O) groups excluding carboxylic acids is 1. The molecule has 0 spiro atoms. The van der Waals surface area contributed by atoms with E-state index in [2.05, 4.69) is 15.8 Å². The Balaban J connectivity index is 2.23. The third-order valence-electron chi connectivity index (χ3n) is 3.08. The van der Waals surface area contributed by atoms with Gasteiger partial charge in [0.1, 0.15) is 11.4 Å². The largest absolute Gasteiger partial charge is 0.506 e. The first-order valence-electron chi connectivity index (χ1n) is 7.11. The van der Waals surface area contributed by atoms with Crippen molar-refractivity contribution in [2.45, 2.75) is 6.92 Å². The van der Waals surface area contributed by atoms with Gasteiger partial charge >= 0.3 is 0 Å². The molecule has 25 heavy (non-hydrogen) atoms. The summed E-state index contributed by atoms with van der Waals surface area (Å²) in [6.07, 6.45) is 0. The predicted octanol–water partition coefficient (Wildman–Crippen LogP) is 2.75. The normalized spacial score (nSPS) is 10.8. The molecular formula is C16H15N5O4. The topological polar surface area (TPSA) is 141 Å². The molecule has 2 aromatic carbocycles. The lowest BCUT2D eigenvalue weighted by molar-refractivity contribution is -0.384. The van der Waals surface area contributed by atoms with Crippen LogP contribution in [0.5, 0.6) is 5.75 Å². The molecule has 0 unspecified atom stereocenters. The molecule has 0 aromatic heterocycles. The van der Waals surface area contributed by atoms with Crippen LogP contribution in [0, 0.1) is 15.5 Å². The van der Waals surface area contributed by atoms with E-state index < -0.39 is 10.8 Å². The Morgan fingerprint density at radius 1 is 1.24 bits per heavy atom. The standard InChI is InChI=1S/C16H15N5O4/c1-10(17)15(16(23)18-11-5-3-2-4-6-11)20-19-13-9-12(21(24)25)7-8-14(13)22/h2-9,17,19,22H,1H3,(H,18,23). The Labute approximate surface area is 142 Å². The second kappa shape index (κ2) is 7.68. The minimum atomic E-state index is -0.629. The number of rotatable bonds is 6. The molecule has 9 nitrogen and oxygen atoms in total. The quantitative estimate of drug-likeness (QED) is 0.277. The van der Waals surface area contributed by atoms with Gasteiger partial charge in [0.25, 0.3) is 11.6 Å². The summed E-state index contributed by atoms with van der Waals surface area (Å²) >= 11 is 0. The zero-order valence-electron chi connectivity index (χ0n) is 13.2. The maximum Gasteiger partial charge on any atom is 0.277 e. The highest BCUT2D eigenvalue weighted by molar-refractivity contribution is 6.67. The SMILES string of the molecule is CC(=N)C(=NNc1cc([N+](=O)[O-])ccc1O)C(=O)Nc1ccccc1. The Hall–Kier alpha value is -3.75. The van der Waals surface area contributed by atoms with E-state index in [9.17, 15) is 20.0 Å². The van der Waals surface area contributed by atoms with Gasteiger partial charge < -0.3 is 15.8 Å². The summed E-state index contributed by atoms with van der Waals surface area (Å²) in [5.74, 6) is -0.907. The maximum atomic E-state index is 12.2. The van der Waals surface area contributed by atoms with Gasteiger partial charge in [-0.25, -0.2) is 0 Å². The number of hydrogen-bond donors (Lipinski definition) is 4. The molecule has 9 heteroatoms. The van der Waals surface area contributed by atoms with Crippen LogP contribution in [0.3, 0.4) is 0 Å². The molecule has 0 radical (unpaired) electrons. The third kappa shape index (κ3) is 4.61. The molecule has 0 saturated carbocycles. The number of hydrazone groups is 1. The summed E-state index contributed by atoms with van der Waals surface area (Å²) in [7, 11) is 0. The summed E-state index contributed by atoms with van der Waals surface area (Å²) in [5.41, 5.74) is 2.26. The first kappa shape index (κ1) is 17.6. The van der Waals surface area contributed by atoms with Crippen LogP contribution < -0.4 is 10.7 Å². The smallest absolute Gasteiger partial charge is 0.277 e. The second-order valence-corrected chi connectivity index (χ2v) is 4.98. The van der Waals surface area contributed by atoms with E-state index in [1.54, 1.807) is 30.3 Å². The summed E-state index contributed by atoms with van der Waals surface area (Å²) in [6, 6.07) is 12.0.